The lowest BCUT2D eigenvalue weighted by Crippen LogP contribution is -2.27. The summed E-state index contributed by atoms with van der Waals surface area (Å²) in [5.41, 5.74) is 2.69. The number of nitrogens with one attached hydrogen (secondary N) is 1. The first-order valence-corrected chi connectivity index (χ1v) is 8.53. The van der Waals surface area contributed by atoms with Crippen molar-refractivity contribution in [2.75, 3.05) is 19.0 Å². The number of hydrogen-bond acceptors (Lipinski definition) is 6. The van der Waals surface area contributed by atoms with E-state index in [1.54, 1.807) is 11.3 Å². The van der Waals surface area contributed by atoms with Gasteiger partial charge >= 0.3 is 0 Å². The summed E-state index contributed by atoms with van der Waals surface area (Å²) in [6.07, 6.45) is 6.91. The standard InChI is InChI=1S/C15H23N5S/c1-20(9-11-5-3-2-4-6-11)10-13-17-14(19-16)12-7-8-21-15(12)18-13/h7-8,11H,2-6,9-10,16H2,1H3,(H,17,18,19). The van der Waals surface area contributed by atoms with Gasteiger partial charge in [-0.2, -0.15) is 0 Å². The highest BCUT2D eigenvalue weighted by molar-refractivity contribution is 7.16. The van der Waals surface area contributed by atoms with Gasteiger partial charge in [0.15, 0.2) is 5.82 Å². The lowest BCUT2D eigenvalue weighted by atomic mass is 9.89. The van der Waals surface area contributed by atoms with E-state index in [2.05, 4.69) is 27.3 Å². The van der Waals surface area contributed by atoms with Crippen LogP contribution in [0.25, 0.3) is 10.2 Å². The van der Waals surface area contributed by atoms with Gasteiger partial charge in [-0.25, -0.2) is 15.8 Å². The molecule has 0 spiro atoms. The number of thiophene rings is 1. The van der Waals surface area contributed by atoms with E-state index in [0.29, 0.717) is 0 Å². The largest absolute Gasteiger partial charge is 0.308 e. The van der Waals surface area contributed by atoms with Crippen molar-refractivity contribution in [1.82, 2.24) is 14.9 Å². The molecule has 6 heteroatoms. The molecule has 0 atom stereocenters. The minimum atomic E-state index is 0.724. The SMILES string of the molecule is CN(Cc1nc(NN)c2ccsc2n1)CC1CCCCC1. The van der Waals surface area contributed by atoms with Gasteiger partial charge in [-0.05, 0) is 37.3 Å². The van der Waals surface area contributed by atoms with Gasteiger partial charge in [0.25, 0.3) is 0 Å². The van der Waals surface area contributed by atoms with Crippen LogP contribution in [0.4, 0.5) is 5.82 Å². The fraction of sp³-hybridized carbons (Fsp3) is 0.600. The van der Waals surface area contributed by atoms with Gasteiger partial charge < -0.3 is 5.43 Å². The molecule has 0 unspecified atom stereocenters. The smallest absolute Gasteiger partial charge is 0.152 e. The number of aromatic nitrogens is 2. The predicted molar refractivity (Wildman–Crippen MR) is 88.1 cm³/mol. The zero-order chi connectivity index (χ0) is 14.7. The molecular weight excluding hydrogens is 282 g/mol. The molecule has 0 amide bonds. The van der Waals surface area contributed by atoms with Gasteiger partial charge in [0, 0.05) is 6.54 Å². The number of anilines is 1. The van der Waals surface area contributed by atoms with Crippen molar-refractivity contribution in [3.63, 3.8) is 0 Å². The second-order valence-electron chi connectivity index (χ2n) is 5.97. The average molecular weight is 305 g/mol. The molecule has 0 aromatic carbocycles. The summed E-state index contributed by atoms with van der Waals surface area (Å²) < 4.78 is 0. The van der Waals surface area contributed by atoms with E-state index in [4.69, 9.17) is 5.84 Å². The molecule has 0 radical (unpaired) electrons. The van der Waals surface area contributed by atoms with Gasteiger partial charge in [0.1, 0.15) is 10.7 Å². The Morgan fingerprint density at radius 1 is 1.33 bits per heavy atom. The van der Waals surface area contributed by atoms with Crippen LogP contribution in [-0.2, 0) is 6.54 Å². The number of nitrogens with two attached hydrogens (primary N) is 1. The number of hydrazine groups is 1. The normalized spacial score (nSPS) is 16.7. The zero-order valence-electron chi connectivity index (χ0n) is 12.5. The first kappa shape index (κ1) is 14.7. The number of fused-ring (bicyclic) bond motifs is 1. The van der Waals surface area contributed by atoms with Crippen molar-refractivity contribution >= 4 is 27.4 Å². The maximum atomic E-state index is 5.57. The Kier molecular flexibility index (Phi) is 4.67. The molecule has 2 heterocycles. The Morgan fingerprint density at radius 3 is 2.90 bits per heavy atom. The average Bonchev–Trinajstić information content (AvgIpc) is 2.95. The number of hydrogen-bond donors (Lipinski definition) is 2. The highest BCUT2D eigenvalue weighted by Crippen LogP contribution is 2.26. The van der Waals surface area contributed by atoms with Gasteiger partial charge in [-0.15, -0.1) is 11.3 Å². The summed E-state index contributed by atoms with van der Waals surface area (Å²) >= 11 is 1.63. The molecule has 0 saturated heterocycles. The monoisotopic (exact) mass is 305 g/mol. The van der Waals surface area contributed by atoms with Crippen LogP contribution in [0, 0.1) is 5.92 Å². The summed E-state index contributed by atoms with van der Waals surface area (Å²) in [6, 6.07) is 2.00. The molecule has 1 aliphatic carbocycles. The third-order valence-electron chi connectivity index (χ3n) is 4.21. The number of nitrogen functional groups attached to an aromatic ring is 1. The fourth-order valence-corrected chi connectivity index (χ4v) is 3.98. The molecule has 3 N–H and O–H groups in total. The Balaban J connectivity index is 1.68. The van der Waals surface area contributed by atoms with Crippen LogP contribution in [0.5, 0.6) is 0 Å². The molecule has 0 bridgehead atoms. The van der Waals surface area contributed by atoms with E-state index >= 15 is 0 Å². The van der Waals surface area contributed by atoms with E-state index in [1.807, 2.05) is 11.4 Å². The Morgan fingerprint density at radius 2 is 2.14 bits per heavy atom. The predicted octanol–water partition coefficient (Wildman–Crippen LogP) is 2.99. The maximum absolute atomic E-state index is 5.57. The van der Waals surface area contributed by atoms with Crippen LogP contribution in [0.15, 0.2) is 11.4 Å². The van der Waals surface area contributed by atoms with E-state index in [9.17, 15) is 0 Å². The number of nitrogens with zero attached hydrogens (tertiary/aromatic N) is 3. The molecule has 1 fully saturated rings. The van der Waals surface area contributed by atoms with Crippen molar-refractivity contribution in [2.45, 2.75) is 38.6 Å². The van der Waals surface area contributed by atoms with Gasteiger partial charge in [0.05, 0.1) is 11.9 Å². The molecule has 2 aromatic rings. The van der Waals surface area contributed by atoms with Crippen LogP contribution in [0.2, 0.25) is 0 Å². The molecule has 0 aliphatic heterocycles. The minimum Gasteiger partial charge on any atom is -0.308 e. The summed E-state index contributed by atoms with van der Waals surface area (Å²) in [4.78, 5) is 12.5. The topological polar surface area (TPSA) is 67.1 Å². The Hall–Kier alpha value is -1.24. The van der Waals surface area contributed by atoms with E-state index in [-0.39, 0.29) is 0 Å². The summed E-state index contributed by atoms with van der Waals surface area (Å²) in [7, 11) is 2.16. The molecule has 5 nitrogen and oxygen atoms in total. The maximum Gasteiger partial charge on any atom is 0.152 e. The van der Waals surface area contributed by atoms with E-state index in [1.165, 1.54) is 32.1 Å². The van der Waals surface area contributed by atoms with Crippen LogP contribution in [-0.4, -0.2) is 28.5 Å². The van der Waals surface area contributed by atoms with E-state index < -0.39 is 0 Å². The van der Waals surface area contributed by atoms with Crippen molar-refractivity contribution in [3.8, 4) is 0 Å². The van der Waals surface area contributed by atoms with Crippen LogP contribution < -0.4 is 11.3 Å². The van der Waals surface area contributed by atoms with Gasteiger partial charge in [0.2, 0.25) is 0 Å². The van der Waals surface area contributed by atoms with Crippen LogP contribution in [0.3, 0.4) is 0 Å². The third-order valence-corrected chi connectivity index (χ3v) is 5.02. The summed E-state index contributed by atoms with van der Waals surface area (Å²) in [5.74, 6) is 7.98. The van der Waals surface area contributed by atoms with Gasteiger partial charge in [-0.3, -0.25) is 4.90 Å². The highest BCUT2D eigenvalue weighted by atomic mass is 32.1. The quantitative estimate of drug-likeness (QED) is 0.656. The Bertz CT molecular complexity index is 591. The lowest BCUT2D eigenvalue weighted by Gasteiger charge is -2.26. The molecule has 21 heavy (non-hydrogen) atoms. The molecule has 114 valence electrons. The van der Waals surface area contributed by atoms with Crippen molar-refractivity contribution in [1.29, 1.82) is 0 Å². The molecule has 1 aliphatic rings. The van der Waals surface area contributed by atoms with Crippen molar-refractivity contribution in [2.24, 2.45) is 11.8 Å². The van der Waals surface area contributed by atoms with Crippen molar-refractivity contribution in [3.05, 3.63) is 17.3 Å². The first-order chi connectivity index (χ1) is 10.3. The first-order valence-electron chi connectivity index (χ1n) is 7.65. The summed E-state index contributed by atoms with van der Waals surface area (Å²) in [6.45, 7) is 1.91. The fourth-order valence-electron chi connectivity index (χ4n) is 3.20. The summed E-state index contributed by atoms with van der Waals surface area (Å²) in [5, 5.41) is 3.02. The molecule has 3 rings (SSSR count). The minimum absolute atomic E-state index is 0.724. The highest BCUT2D eigenvalue weighted by Gasteiger charge is 2.16. The second kappa shape index (κ2) is 6.68. The van der Waals surface area contributed by atoms with Crippen LogP contribution in [0.1, 0.15) is 37.9 Å². The van der Waals surface area contributed by atoms with Crippen LogP contribution >= 0.6 is 11.3 Å². The molecule has 2 aromatic heterocycles. The second-order valence-corrected chi connectivity index (χ2v) is 6.87. The number of rotatable bonds is 5. The molecule has 1 saturated carbocycles. The van der Waals surface area contributed by atoms with Gasteiger partial charge in [-0.1, -0.05) is 19.3 Å². The third kappa shape index (κ3) is 3.51. The van der Waals surface area contributed by atoms with E-state index in [0.717, 1.165) is 40.9 Å². The molecular formula is C15H23N5S. The van der Waals surface area contributed by atoms with Crippen molar-refractivity contribution < 1.29 is 0 Å². The zero-order valence-corrected chi connectivity index (χ0v) is 13.3. The Labute approximate surface area is 129 Å². The lowest BCUT2D eigenvalue weighted by molar-refractivity contribution is 0.224.